The molecule has 0 saturated carbocycles. The van der Waals surface area contributed by atoms with E-state index in [0.29, 0.717) is 6.54 Å². The summed E-state index contributed by atoms with van der Waals surface area (Å²) in [6.45, 7) is 3.19. The van der Waals surface area contributed by atoms with Crippen LogP contribution in [-0.4, -0.2) is 78.9 Å². The topological polar surface area (TPSA) is 145 Å². The molecular weight excluding hydrogens is 560 g/mol. The largest absolute Gasteiger partial charge is 0.479 e. The van der Waals surface area contributed by atoms with Crippen molar-refractivity contribution in [1.29, 1.82) is 0 Å². The van der Waals surface area contributed by atoms with E-state index in [1.807, 2.05) is 0 Å². The fourth-order valence-corrected chi connectivity index (χ4v) is 6.13. The first-order chi connectivity index (χ1) is 18.5. The Morgan fingerprint density at radius 3 is 2.33 bits per heavy atom. The van der Waals surface area contributed by atoms with Crippen LogP contribution in [0.4, 0.5) is 8.78 Å². The molecule has 2 aliphatic heterocycles. The van der Waals surface area contributed by atoms with Crippen molar-refractivity contribution in [2.24, 2.45) is 0 Å². The molecule has 1 saturated heterocycles. The summed E-state index contributed by atoms with van der Waals surface area (Å²) in [5.41, 5.74) is 1.89. The highest BCUT2D eigenvalue weighted by Crippen LogP contribution is 2.46. The molecule has 2 aliphatic rings. The van der Waals surface area contributed by atoms with Gasteiger partial charge in [0.25, 0.3) is 0 Å². The first-order valence-corrected chi connectivity index (χ1v) is 13.1. The highest BCUT2D eigenvalue weighted by atomic mass is 35.5. The molecule has 0 amide bonds. The van der Waals surface area contributed by atoms with Crippen molar-refractivity contribution in [3.05, 3.63) is 68.6 Å². The van der Waals surface area contributed by atoms with Gasteiger partial charge in [-0.3, -0.25) is 4.90 Å². The number of hydrogen-bond acceptors (Lipinski definition) is 8. The van der Waals surface area contributed by atoms with Crippen LogP contribution in [0.3, 0.4) is 0 Å². The van der Waals surface area contributed by atoms with Gasteiger partial charge >= 0.3 is 11.9 Å². The standard InChI is InChI=1S/C21H20ClF2N3OS.C4H6O6/c22-18-10-15-4-9-28-21(20(15)29-18)5-7-26(8-6-21)12-14-11-25-27(13-14)19-16(23)2-1-3-17(19)24;5-1(3(7)8)2(6)4(9)10/h1-3,10-11,13H,4-9,12H2;1-2,5-6H,(H,7,8)(H,9,10)/t;1-,2-/m.1/s1. The number of fused-ring (bicyclic) bond motifs is 2. The quantitative estimate of drug-likeness (QED) is 0.343. The van der Waals surface area contributed by atoms with Crippen LogP contribution >= 0.6 is 22.9 Å². The first-order valence-electron chi connectivity index (χ1n) is 12.0. The Morgan fingerprint density at radius 2 is 1.74 bits per heavy atom. The van der Waals surface area contributed by atoms with Gasteiger partial charge in [0, 0.05) is 36.3 Å². The van der Waals surface area contributed by atoms with Crippen molar-refractivity contribution >= 4 is 34.9 Å². The number of ether oxygens (including phenoxy) is 1. The summed E-state index contributed by atoms with van der Waals surface area (Å²) in [5.74, 6) is -4.79. The third-order valence-electron chi connectivity index (χ3n) is 6.62. The minimum atomic E-state index is -2.27. The summed E-state index contributed by atoms with van der Waals surface area (Å²) < 4.78 is 36.4. The lowest BCUT2D eigenvalue weighted by atomic mass is 9.85. The van der Waals surface area contributed by atoms with Gasteiger partial charge in [-0.25, -0.2) is 23.1 Å². The number of aliphatic hydroxyl groups excluding tert-OH is 2. The molecule has 2 aromatic heterocycles. The van der Waals surface area contributed by atoms with Gasteiger partial charge in [-0.05, 0) is 43.0 Å². The number of hydrogen-bond donors (Lipinski definition) is 4. The number of thiophene rings is 1. The van der Waals surface area contributed by atoms with Crippen LogP contribution in [0, 0.1) is 11.6 Å². The van der Waals surface area contributed by atoms with Crippen LogP contribution in [0.25, 0.3) is 5.69 Å². The molecule has 5 rings (SSSR count). The SMILES string of the molecule is Fc1cccc(F)c1-n1cc(CN2CCC3(CC2)OCCc2cc(Cl)sc23)cn1.O=C(O)[C@H](O)[C@@H](O)C(=O)O. The number of aliphatic carboxylic acids is 2. The molecule has 1 fully saturated rings. The highest BCUT2D eigenvalue weighted by Gasteiger charge is 2.42. The van der Waals surface area contributed by atoms with Gasteiger partial charge in [0.2, 0.25) is 0 Å². The lowest BCUT2D eigenvalue weighted by molar-refractivity contribution is -0.165. The first kappa shape index (κ1) is 29.1. The van der Waals surface area contributed by atoms with Crippen molar-refractivity contribution in [1.82, 2.24) is 14.7 Å². The number of aromatic nitrogens is 2. The summed E-state index contributed by atoms with van der Waals surface area (Å²) in [6.07, 6.45) is 1.58. The molecular formula is C25H26ClF2N3O7S. The number of nitrogens with zero attached hydrogens (tertiary/aromatic N) is 3. The van der Waals surface area contributed by atoms with E-state index in [9.17, 15) is 18.4 Å². The van der Waals surface area contributed by atoms with Gasteiger partial charge < -0.3 is 25.2 Å². The summed E-state index contributed by atoms with van der Waals surface area (Å²) in [7, 11) is 0. The van der Waals surface area contributed by atoms with Gasteiger partial charge in [0.15, 0.2) is 23.8 Å². The van der Waals surface area contributed by atoms with E-state index in [1.165, 1.54) is 33.3 Å². The van der Waals surface area contributed by atoms with Crippen LogP contribution in [0.2, 0.25) is 4.34 Å². The Kier molecular flexibility index (Phi) is 8.99. The minimum Gasteiger partial charge on any atom is -0.479 e. The van der Waals surface area contributed by atoms with E-state index in [2.05, 4.69) is 16.1 Å². The second-order valence-electron chi connectivity index (χ2n) is 9.20. The second-order valence-corrected chi connectivity index (χ2v) is 10.9. The van der Waals surface area contributed by atoms with Crippen LogP contribution in [0.15, 0.2) is 36.7 Å². The Hall–Kier alpha value is -2.94. The summed E-state index contributed by atoms with van der Waals surface area (Å²) in [5, 5.41) is 36.7. The van der Waals surface area contributed by atoms with Crippen LogP contribution < -0.4 is 0 Å². The molecule has 1 aromatic carbocycles. The Balaban J connectivity index is 0.000000303. The van der Waals surface area contributed by atoms with Gasteiger partial charge in [-0.1, -0.05) is 17.7 Å². The molecule has 1 spiro atoms. The molecule has 4 heterocycles. The van der Waals surface area contributed by atoms with E-state index in [-0.39, 0.29) is 11.3 Å². The summed E-state index contributed by atoms with van der Waals surface area (Å²) in [4.78, 5) is 23.2. The van der Waals surface area contributed by atoms with Gasteiger partial charge in [0.05, 0.1) is 17.1 Å². The average Bonchev–Trinajstić information content (AvgIpc) is 3.51. The minimum absolute atomic E-state index is 0.144. The van der Waals surface area contributed by atoms with Crippen molar-refractivity contribution < 1.29 is 43.5 Å². The maximum atomic E-state index is 14.0. The fourth-order valence-electron chi connectivity index (χ4n) is 4.63. The van der Waals surface area contributed by atoms with Crippen LogP contribution in [0.1, 0.15) is 28.8 Å². The number of benzene rings is 1. The number of halogens is 3. The number of likely N-dealkylation sites (tertiary alicyclic amines) is 1. The van der Waals surface area contributed by atoms with E-state index in [4.69, 9.17) is 36.8 Å². The summed E-state index contributed by atoms with van der Waals surface area (Å²) in [6, 6.07) is 5.90. The number of carboxylic acids is 2. The predicted octanol–water partition coefficient (Wildman–Crippen LogP) is 2.81. The zero-order valence-electron chi connectivity index (χ0n) is 20.5. The van der Waals surface area contributed by atoms with Crippen molar-refractivity contribution in [3.8, 4) is 5.69 Å². The molecule has 0 radical (unpaired) electrons. The molecule has 210 valence electrons. The number of rotatable bonds is 6. The van der Waals surface area contributed by atoms with Crippen LogP contribution in [-0.2, 0) is 32.9 Å². The number of piperidine rings is 1. The number of para-hydroxylation sites is 1. The lowest BCUT2D eigenvalue weighted by Crippen LogP contribution is -2.45. The Bertz CT molecular complexity index is 1300. The molecule has 10 nitrogen and oxygen atoms in total. The van der Waals surface area contributed by atoms with Crippen molar-refractivity contribution in [2.75, 3.05) is 19.7 Å². The third kappa shape index (κ3) is 6.45. The molecule has 14 heteroatoms. The van der Waals surface area contributed by atoms with Crippen LogP contribution in [0.5, 0.6) is 0 Å². The maximum absolute atomic E-state index is 14.0. The molecule has 2 atom stereocenters. The number of aliphatic hydroxyl groups is 2. The van der Waals surface area contributed by atoms with E-state index < -0.39 is 35.8 Å². The Morgan fingerprint density at radius 1 is 1.13 bits per heavy atom. The van der Waals surface area contributed by atoms with Gasteiger partial charge in [-0.15, -0.1) is 11.3 Å². The normalized spacial score (nSPS) is 18.1. The number of carboxylic acid groups (broad SMARTS) is 2. The lowest BCUT2D eigenvalue weighted by Gasteiger charge is -2.43. The fraction of sp³-hybridized carbons (Fsp3) is 0.400. The second kappa shape index (κ2) is 12.1. The number of carbonyl (C=O) groups is 2. The van der Waals surface area contributed by atoms with E-state index in [0.717, 1.165) is 48.9 Å². The molecule has 0 aliphatic carbocycles. The average molecular weight is 586 g/mol. The summed E-state index contributed by atoms with van der Waals surface area (Å²) >= 11 is 7.90. The highest BCUT2D eigenvalue weighted by molar-refractivity contribution is 7.16. The molecule has 39 heavy (non-hydrogen) atoms. The molecule has 4 N–H and O–H groups in total. The molecule has 0 bridgehead atoms. The Labute approximate surface area is 230 Å². The molecule has 0 unspecified atom stereocenters. The maximum Gasteiger partial charge on any atom is 0.335 e. The van der Waals surface area contributed by atoms with Gasteiger partial charge in [0.1, 0.15) is 11.3 Å². The molecule has 3 aromatic rings. The third-order valence-corrected chi connectivity index (χ3v) is 8.11. The van der Waals surface area contributed by atoms with Crippen molar-refractivity contribution in [3.63, 3.8) is 0 Å². The predicted molar refractivity (Wildman–Crippen MR) is 136 cm³/mol. The zero-order valence-corrected chi connectivity index (χ0v) is 22.0. The monoisotopic (exact) mass is 585 g/mol. The smallest absolute Gasteiger partial charge is 0.335 e. The van der Waals surface area contributed by atoms with E-state index >= 15 is 0 Å². The van der Waals surface area contributed by atoms with E-state index in [1.54, 1.807) is 23.7 Å². The zero-order chi connectivity index (χ0) is 28.3. The van der Waals surface area contributed by atoms with Gasteiger partial charge in [-0.2, -0.15) is 5.10 Å². The van der Waals surface area contributed by atoms with Crippen molar-refractivity contribution in [2.45, 2.75) is 43.6 Å².